The number of phenols is 1. The molecule has 0 unspecified atom stereocenters. The van der Waals surface area contributed by atoms with Crippen LogP contribution in [0, 0.1) is 12.7 Å². The monoisotopic (exact) mass is 208 g/mol. The van der Waals surface area contributed by atoms with Crippen LogP contribution in [0.2, 0.25) is 0 Å². The summed E-state index contributed by atoms with van der Waals surface area (Å²) >= 11 is 0. The van der Waals surface area contributed by atoms with E-state index in [0.29, 0.717) is 5.92 Å². The van der Waals surface area contributed by atoms with Crippen LogP contribution in [0.1, 0.15) is 49.1 Å². The summed E-state index contributed by atoms with van der Waals surface area (Å²) in [7, 11) is 0. The molecule has 0 spiro atoms. The Morgan fingerprint density at radius 2 is 1.87 bits per heavy atom. The summed E-state index contributed by atoms with van der Waals surface area (Å²) in [6.45, 7) is 1.88. The third-order valence-electron chi connectivity index (χ3n) is 3.33. The van der Waals surface area contributed by atoms with Crippen LogP contribution in [0.15, 0.2) is 12.1 Å². The summed E-state index contributed by atoms with van der Waals surface area (Å²) in [6.07, 6.45) is 5.84. The average molecular weight is 208 g/mol. The van der Waals surface area contributed by atoms with Gasteiger partial charge in [-0.2, -0.15) is 0 Å². The standard InChI is InChI=1S/C13H17FO/c1-9-7-11(15)8-12(14)13(9)10-5-3-2-4-6-10/h7-8,10,15H,2-6H2,1H3. The van der Waals surface area contributed by atoms with Gasteiger partial charge in [-0.25, -0.2) is 4.39 Å². The lowest BCUT2D eigenvalue weighted by atomic mass is 9.82. The number of hydrogen-bond donors (Lipinski definition) is 1. The highest BCUT2D eigenvalue weighted by Gasteiger charge is 2.21. The highest BCUT2D eigenvalue weighted by molar-refractivity contribution is 5.37. The molecule has 2 rings (SSSR count). The Morgan fingerprint density at radius 1 is 1.20 bits per heavy atom. The van der Waals surface area contributed by atoms with E-state index < -0.39 is 0 Å². The van der Waals surface area contributed by atoms with E-state index in [9.17, 15) is 9.50 Å². The van der Waals surface area contributed by atoms with Crippen molar-refractivity contribution in [1.82, 2.24) is 0 Å². The second-order valence-corrected chi connectivity index (χ2v) is 4.49. The smallest absolute Gasteiger partial charge is 0.130 e. The summed E-state index contributed by atoms with van der Waals surface area (Å²) in [5.41, 5.74) is 1.71. The predicted molar refractivity (Wildman–Crippen MR) is 58.6 cm³/mol. The topological polar surface area (TPSA) is 20.2 Å². The third-order valence-corrected chi connectivity index (χ3v) is 3.33. The number of hydrogen-bond acceptors (Lipinski definition) is 1. The van der Waals surface area contributed by atoms with E-state index in [2.05, 4.69) is 0 Å². The fraction of sp³-hybridized carbons (Fsp3) is 0.538. The molecule has 0 saturated heterocycles. The first-order chi connectivity index (χ1) is 7.18. The van der Waals surface area contributed by atoms with Gasteiger partial charge in [-0.3, -0.25) is 0 Å². The molecule has 1 aromatic rings. The predicted octanol–water partition coefficient (Wildman–Crippen LogP) is 3.89. The van der Waals surface area contributed by atoms with E-state index in [1.165, 1.54) is 25.3 Å². The Hall–Kier alpha value is -1.05. The molecular weight excluding hydrogens is 191 g/mol. The van der Waals surface area contributed by atoms with Crippen molar-refractivity contribution in [2.45, 2.75) is 44.9 Å². The van der Waals surface area contributed by atoms with Gasteiger partial charge < -0.3 is 5.11 Å². The van der Waals surface area contributed by atoms with E-state index in [1.54, 1.807) is 6.07 Å². The second kappa shape index (κ2) is 4.21. The summed E-state index contributed by atoms with van der Waals surface area (Å²) in [5, 5.41) is 9.28. The minimum Gasteiger partial charge on any atom is -0.508 e. The molecule has 82 valence electrons. The Balaban J connectivity index is 2.33. The molecule has 1 N–H and O–H groups in total. The lowest BCUT2D eigenvalue weighted by Crippen LogP contribution is -2.08. The molecule has 0 atom stereocenters. The number of aromatic hydroxyl groups is 1. The van der Waals surface area contributed by atoms with E-state index >= 15 is 0 Å². The largest absolute Gasteiger partial charge is 0.508 e. The van der Waals surface area contributed by atoms with E-state index in [4.69, 9.17) is 0 Å². The minimum atomic E-state index is -0.237. The molecule has 0 heterocycles. The van der Waals surface area contributed by atoms with E-state index in [1.807, 2.05) is 6.92 Å². The molecule has 15 heavy (non-hydrogen) atoms. The molecule has 0 radical (unpaired) electrons. The van der Waals surface area contributed by atoms with Crippen LogP contribution in [0.25, 0.3) is 0 Å². The fourth-order valence-corrected chi connectivity index (χ4v) is 2.65. The van der Waals surface area contributed by atoms with Gasteiger partial charge in [-0.05, 0) is 42.9 Å². The molecule has 2 heteroatoms. The average Bonchev–Trinajstić information content (AvgIpc) is 2.17. The van der Waals surface area contributed by atoms with Crippen molar-refractivity contribution in [3.8, 4) is 5.75 Å². The zero-order valence-electron chi connectivity index (χ0n) is 9.09. The molecule has 1 aliphatic carbocycles. The summed E-state index contributed by atoms with van der Waals surface area (Å²) in [4.78, 5) is 0. The van der Waals surface area contributed by atoms with Crippen molar-refractivity contribution in [2.75, 3.05) is 0 Å². The van der Waals surface area contributed by atoms with Gasteiger partial charge in [0.15, 0.2) is 0 Å². The molecule has 1 aromatic carbocycles. The fourth-order valence-electron chi connectivity index (χ4n) is 2.65. The molecule has 1 nitrogen and oxygen atoms in total. The van der Waals surface area contributed by atoms with Gasteiger partial charge >= 0.3 is 0 Å². The van der Waals surface area contributed by atoms with Crippen LogP contribution in [-0.4, -0.2) is 5.11 Å². The Bertz CT molecular complexity index is 331. The second-order valence-electron chi connectivity index (χ2n) is 4.49. The first-order valence-electron chi connectivity index (χ1n) is 5.67. The van der Waals surface area contributed by atoms with Gasteiger partial charge in [0, 0.05) is 6.07 Å². The maximum absolute atomic E-state index is 13.7. The quantitative estimate of drug-likeness (QED) is 0.742. The maximum Gasteiger partial charge on any atom is 0.130 e. The Labute approximate surface area is 89.9 Å². The van der Waals surface area contributed by atoms with Gasteiger partial charge in [-0.1, -0.05) is 19.3 Å². The molecule has 1 saturated carbocycles. The van der Waals surface area contributed by atoms with Gasteiger partial charge in [-0.15, -0.1) is 0 Å². The van der Waals surface area contributed by atoms with Crippen LogP contribution in [0.3, 0.4) is 0 Å². The number of aryl methyl sites for hydroxylation is 1. The summed E-state index contributed by atoms with van der Waals surface area (Å²) in [5.74, 6) is 0.156. The molecule has 0 aromatic heterocycles. The van der Waals surface area contributed by atoms with Gasteiger partial charge in [0.2, 0.25) is 0 Å². The van der Waals surface area contributed by atoms with Crippen LogP contribution >= 0.6 is 0 Å². The SMILES string of the molecule is Cc1cc(O)cc(F)c1C1CCCCC1. The van der Waals surface area contributed by atoms with Gasteiger partial charge in [0.05, 0.1) is 0 Å². The number of benzene rings is 1. The molecule has 1 fully saturated rings. The summed E-state index contributed by atoms with van der Waals surface area (Å²) < 4.78 is 13.7. The van der Waals surface area contributed by atoms with Crippen LogP contribution in [0.4, 0.5) is 4.39 Å². The zero-order chi connectivity index (χ0) is 10.8. The van der Waals surface area contributed by atoms with Crippen LogP contribution in [0.5, 0.6) is 5.75 Å². The Kier molecular flexibility index (Phi) is 2.94. The van der Waals surface area contributed by atoms with Crippen molar-refractivity contribution in [1.29, 1.82) is 0 Å². The number of rotatable bonds is 1. The van der Waals surface area contributed by atoms with E-state index in [-0.39, 0.29) is 11.6 Å². The van der Waals surface area contributed by atoms with Crippen molar-refractivity contribution in [2.24, 2.45) is 0 Å². The van der Waals surface area contributed by atoms with Crippen molar-refractivity contribution < 1.29 is 9.50 Å². The Morgan fingerprint density at radius 3 is 2.47 bits per heavy atom. The van der Waals surface area contributed by atoms with Gasteiger partial charge in [0.25, 0.3) is 0 Å². The lowest BCUT2D eigenvalue weighted by Gasteiger charge is -2.24. The van der Waals surface area contributed by atoms with Crippen molar-refractivity contribution >= 4 is 0 Å². The zero-order valence-corrected chi connectivity index (χ0v) is 9.09. The molecule has 0 bridgehead atoms. The first kappa shape index (κ1) is 10.5. The van der Waals surface area contributed by atoms with Crippen LogP contribution in [-0.2, 0) is 0 Å². The number of phenolic OH excluding ortho intramolecular Hbond substituents is 1. The summed E-state index contributed by atoms with van der Waals surface area (Å²) in [6, 6.07) is 2.89. The van der Waals surface area contributed by atoms with Crippen LogP contribution < -0.4 is 0 Å². The normalized spacial score (nSPS) is 18.0. The maximum atomic E-state index is 13.7. The molecule has 0 aliphatic heterocycles. The van der Waals surface area contributed by atoms with E-state index in [0.717, 1.165) is 24.0 Å². The highest BCUT2D eigenvalue weighted by Crippen LogP contribution is 2.36. The lowest BCUT2D eigenvalue weighted by molar-refractivity contribution is 0.423. The molecule has 1 aliphatic rings. The minimum absolute atomic E-state index is 0.0320. The molecule has 0 amide bonds. The number of halogens is 1. The van der Waals surface area contributed by atoms with Crippen molar-refractivity contribution in [3.05, 3.63) is 29.1 Å². The van der Waals surface area contributed by atoms with Gasteiger partial charge in [0.1, 0.15) is 11.6 Å². The highest BCUT2D eigenvalue weighted by atomic mass is 19.1. The third kappa shape index (κ3) is 2.14. The molecular formula is C13H17FO. The van der Waals surface area contributed by atoms with Crippen molar-refractivity contribution in [3.63, 3.8) is 0 Å². The first-order valence-corrected chi connectivity index (χ1v) is 5.67.